The second kappa shape index (κ2) is 5.48. The number of benzene rings is 1. The van der Waals surface area contributed by atoms with Crippen molar-refractivity contribution in [1.82, 2.24) is 4.98 Å². The number of aromatic nitrogens is 1. The van der Waals surface area contributed by atoms with Crippen LogP contribution in [0.5, 0.6) is 5.75 Å². The third kappa shape index (κ3) is 2.87. The summed E-state index contributed by atoms with van der Waals surface area (Å²) in [5.74, 6) is 0.798. The number of aryl methyl sites for hydroxylation is 2. The topological polar surface area (TPSA) is 54.6 Å². The van der Waals surface area contributed by atoms with Crippen molar-refractivity contribution in [3.63, 3.8) is 0 Å². The van der Waals surface area contributed by atoms with Gasteiger partial charge in [0.15, 0.2) is 0 Å². The van der Waals surface area contributed by atoms with Gasteiger partial charge in [0.2, 0.25) is 0 Å². The zero-order valence-electron chi connectivity index (χ0n) is 14.4. The van der Waals surface area contributed by atoms with Crippen LogP contribution in [-0.2, 0) is 11.2 Å². The predicted molar refractivity (Wildman–Crippen MR) is 91.5 cm³/mol. The van der Waals surface area contributed by atoms with Crippen LogP contribution >= 0.6 is 0 Å². The molecule has 0 atom stereocenters. The number of ether oxygens (including phenoxy) is 2. The summed E-state index contributed by atoms with van der Waals surface area (Å²) in [6.07, 6.45) is 1.57. The van der Waals surface area contributed by atoms with Crippen molar-refractivity contribution in [3.8, 4) is 5.75 Å². The minimum Gasteiger partial charge on any atom is -0.497 e. The molecule has 2 heterocycles. The van der Waals surface area contributed by atoms with E-state index >= 15 is 0 Å². The second-order valence-corrected chi connectivity index (χ2v) is 7.05. The average molecular weight is 316 g/mol. The summed E-state index contributed by atoms with van der Waals surface area (Å²) in [5.41, 5.74) is 3.69. The van der Waals surface area contributed by atoms with E-state index in [0.717, 1.165) is 46.4 Å². The fraction of sp³-hybridized carbons (Fsp3) is 0.500. The Hall–Kier alpha value is -2.17. The Balaban J connectivity index is 2.11. The number of rotatable bonds is 1. The van der Waals surface area contributed by atoms with Crippen molar-refractivity contribution in [2.45, 2.75) is 46.1 Å². The quantitative estimate of drug-likeness (QED) is 0.859. The van der Waals surface area contributed by atoms with Crippen LogP contribution in [0.25, 0.3) is 10.9 Å². The first-order chi connectivity index (χ1) is 10.8. The minimum atomic E-state index is -0.506. The fourth-order valence-electron chi connectivity index (χ4n) is 3.11. The summed E-state index contributed by atoms with van der Waals surface area (Å²) in [5, 5.41) is 1.02. The number of H-pyrrole nitrogens is 1. The molecule has 1 aromatic heterocycles. The number of hydrogen-bond acceptors (Lipinski definition) is 3. The zero-order valence-corrected chi connectivity index (χ0v) is 14.4. The summed E-state index contributed by atoms with van der Waals surface area (Å²) in [4.78, 5) is 17.8. The molecule has 0 aliphatic carbocycles. The van der Waals surface area contributed by atoms with Crippen LogP contribution < -0.4 is 9.64 Å². The largest absolute Gasteiger partial charge is 0.497 e. The summed E-state index contributed by atoms with van der Waals surface area (Å²) in [7, 11) is 1.66. The summed E-state index contributed by atoms with van der Waals surface area (Å²) in [6.45, 7) is 8.38. The number of nitrogens with zero attached hydrogens (tertiary/aromatic N) is 1. The van der Waals surface area contributed by atoms with Crippen LogP contribution in [0, 0.1) is 6.92 Å². The molecular formula is C18H24N2O3. The zero-order chi connectivity index (χ0) is 16.8. The third-order valence-corrected chi connectivity index (χ3v) is 4.05. The number of aromatic amines is 1. The molecule has 0 spiro atoms. The summed E-state index contributed by atoms with van der Waals surface area (Å²) < 4.78 is 11.0. The smallest absolute Gasteiger partial charge is 0.414 e. The number of methoxy groups -OCH3 is 1. The van der Waals surface area contributed by atoms with E-state index in [1.807, 2.05) is 39.8 Å². The van der Waals surface area contributed by atoms with E-state index in [9.17, 15) is 4.79 Å². The number of fused-ring (bicyclic) bond motifs is 3. The van der Waals surface area contributed by atoms with Gasteiger partial charge in [0.25, 0.3) is 0 Å². The maximum absolute atomic E-state index is 12.6. The number of carbonyl (C=O) groups excluding carboxylic acids is 1. The molecule has 5 heteroatoms. The molecule has 1 N–H and O–H groups in total. The highest BCUT2D eigenvalue weighted by Crippen LogP contribution is 2.39. The maximum Gasteiger partial charge on any atom is 0.414 e. The molecule has 0 radical (unpaired) electrons. The molecule has 1 aliphatic rings. The third-order valence-electron chi connectivity index (χ3n) is 4.05. The van der Waals surface area contributed by atoms with Gasteiger partial charge in [0.05, 0.1) is 18.3 Å². The first-order valence-corrected chi connectivity index (χ1v) is 8.00. The summed E-state index contributed by atoms with van der Waals surface area (Å²) in [6, 6.07) is 3.99. The van der Waals surface area contributed by atoms with E-state index in [1.165, 1.54) is 0 Å². The molecule has 2 aromatic rings. The van der Waals surface area contributed by atoms with Crippen molar-refractivity contribution in [3.05, 3.63) is 23.4 Å². The Bertz CT molecular complexity index is 756. The second-order valence-electron chi connectivity index (χ2n) is 7.05. The fourth-order valence-corrected chi connectivity index (χ4v) is 3.11. The van der Waals surface area contributed by atoms with E-state index in [-0.39, 0.29) is 6.09 Å². The normalized spacial score (nSPS) is 14.7. The number of hydrogen-bond donors (Lipinski definition) is 1. The maximum atomic E-state index is 12.6. The molecule has 1 aliphatic heterocycles. The molecule has 0 fully saturated rings. The van der Waals surface area contributed by atoms with Gasteiger partial charge in [-0.2, -0.15) is 0 Å². The molecule has 3 rings (SSSR count). The van der Waals surface area contributed by atoms with Crippen LogP contribution in [-0.4, -0.2) is 30.3 Å². The van der Waals surface area contributed by atoms with E-state index < -0.39 is 5.60 Å². The minimum absolute atomic E-state index is 0.292. The van der Waals surface area contributed by atoms with Crippen molar-refractivity contribution in [2.24, 2.45) is 0 Å². The van der Waals surface area contributed by atoms with Crippen LogP contribution in [0.1, 0.15) is 38.4 Å². The Labute approximate surface area is 136 Å². The van der Waals surface area contributed by atoms with Gasteiger partial charge in [0.1, 0.15) is 11.4 Å². The van der Waals surface area contributed by atoms with Gasteiger partial charge in [0, 0.05) is 17.6 Å². The van der Waals surface area contributed by atoms with Crippen LogP contribution in [0.2, 0.25) is 0 Å². The number of carbonyl (C=O) groups is 1. The molecule has 1 amide bonds. The lowest BCUT2D eigenvalue weighted by Crippen LogP contribution is -2.39. The van der Waals surface area contributed by atoms with E-state index in [2.05, 4.69) is 4.98 Å². The molecule has 0 saturated carbocycles. The Morgan fingerprint density at radius 3 is 2.70 bits per heavy atom. The molecule has 124 valence electrons. The molecule has 0 unspecified atom stereocenters. The molecular weight excluding hydrogens is 292 g/mol. The Morgan fingerprint density at radius 2 is 2.04 bits per heavy atom. The standard InChI is InChI=1S/C18H24N2O3/c1-11-9-12(22-5)10-13-15(11)19-14-7-6-8-20(16(13)14)17(21)23-18(2,3)4/h9-10,19H,6-8H2,1-5H3. The molecule has 23 heavy (non-hydrogen) atoms. The van der Waals surface area contributed by atoms with E-state index in [0.29, 0.717) is 6.54 Å². The highest BCUT2D eigenvalue weighted by Gasteiger charge is 2.30. The number of anilines is 1. The van der Waals surface area contributed by atoms with Gasteiger partial charge in [-0.25, -0.2) is 4.79 Å². The van der Waals surface area contributed by atoms with E-state index in [4.69, 9.17) is 9.47 Å². The summed E-state index contributed by atoms with van der Waals surface area (Å²) >= 11 is 0. The molecule has 1 aromatic carbocycles. The van der Waals surface area contributed by atoms with Crippen molar-refractivity contribution in [1.29, 1.82) is 0 Å². The van der Waals surface area contributed by atoms with Crippen molar-refractivity contribution < 1.29 is 14.3 Å². The number of amides is 1. The van der Waals surface area contributed by atoms with Crippen LogP contribution in [0.15, 0.2) is 12.1 Å². The first-order valence-electron chi connectivity index (χ1n) is 8.00. The highest BCUT2D eigenvalue weighted by molar-refractivity contribution is 6.04. The van der Waals surface area contributed by atoms with Crippen molar-refractivity contribution >= 4 is 22.7 Å². The van der Waals surface area contributed by atoms with Gasteiger partial charge < -0.3 is 14.5 Å². The van der Waals surface area contributed by atoms with Crippen molar-refractivity contribution in [2.75, 3.05) is 18.6 Å². The predicted octanol–water partition coefficient (Wildman–Crippen LogP) is 4.17. The monoisotopic (exact) mass is 316 g/mol. The van der Waals surface area contributed by atoms with Gasteiger partial charge in [-0.15, -0.1) is 0 Å². The Morgan fingerprint density at radius 1 is 1.30 bits per heavy atom. The SMILES string of the molecule is COc1cc(C)c2[nH]c3c(c2c1)N(C(=O)OC(C)(C)C)CCC3. The lowest BCUT2D eigenvalue weighted by molar-refractivity contribution is 0.0578. The van der Waals surface area contributed by atoms with Crippen LogP contribution in [0.3, 0.4) is 0 Å². The van der Waals surface area contributed by atoms with Crippen LogP contribution in [0.4, 0.5) is 10.5 Å². The van der Waals surface area contributed by atoms with E-state index in [1.54, 1.807) is 12.0 Å². The lowest BCUT2D eigenvalue weighted by Gasteiger charge is -2.30. The first kappa shape index (κ1) is 15.7. The highest BCUT2D eigenvalue weighted by atomic mass is 16.6. The average Bonchev–Trinajstić information content (AvgIpc) is 2.84. The molecule has 0 bridgehead atoms. The lowest BCUT2D eigenvalue weighted by atomic mass is 10.1. The molecule has 0 saturated heterocycles. The number of nitrogens with one attached hydrogen (secondary N) is 1. The van der Waals surface area contributed by atoms with Gasteiger partial charge in [-0.1, -0.05) is 0 Å². The van der Waals surface area contributed by atoms with Gasteiger partial charge >= 0.3 is 6.09 Å². The Kier molecular flexibility index (Phi) is 3.74. The van der Waals surface area contributed by atoms with Gasteiger partial charge in [-0.3, -0.25) is 4.90 Å². The van der Waals surface area contributed by atoms with Gasteiger partial charge in [-0.05, 0) is 58.2 Å². The molecule has 5 nitrogen and oxygen atoms in total.